The number of nitrogens with one attached hydrogen (secondary N) is 1. The number of aromatic nitrogens is 4. The molecule has 0 amide bonds. The summed E-state index contributed by atoms with van der Waals surface area (Å²) in [5.74, 6) is 0.926. The predicted octanol–water partition coefficient (Wildman–Crippen LogP) is 4.76. The summed E-state index contributed by atoms with van der Waals surface area (Å²) in [5.41, 5.74) is 6.61. The first-order valence-corrected chi connectivity index (χ1v) is 11.4. The molecule has 166 valence electrons. The molecule has 0 aromatic carbocycles. The molecule has 1 N–H and O–H groups in total. The lowest BCUT2D eigenvalue weighted by molar-refractivity contribution is 0.307. The minimum absolute atomic E-state index is 0.0286. The second kappa shape index (κ2) is 8.75. The lowest BCUT2D eigenvalue weighted by Crippen LogP contribution is -2.29. The van der Waals surface area contributed by atoms with Crippen molar-refractivity contribution in [2.45, 2.75) is 39.4 Å². The largest absolute Gasteiger partial charge is 0.352 e. The van der Waals surface area contributed by atoms with Crippen LogP contribution in [0.1, 0.15) is 46.0 Å². The Morgan fingerprint density at radius 2 is 1.70 bits per heavy atom. The number of nitrogens with zero attached hydrogens (tertiary/aromatic N) is 5. The van der Waals surface area contributed by atoms with E-state index in [1.807, 2.05) is 55.0 Å². The van der Waals surface area contributed by atoms with Crippen LogP contribution in [0.4, 0.5) is 0 Å². The van der Waals surface area contributed by atoms with E-state index in [-0.39, 0.29) is 12.1 Å². The van der Waals surface area contributed by atoms with E-state index in [0.29, 0.717) is 11.7 Å². The molecule has 1 aliphatic heterocycles. The third-order valence-corrected chi connectivity index (χ3v) is 6.53. The van der Waals surface area contributed by atoms with Crippen LogP contribution in [0, 0.1) is 20.8 Å². The van der Waals surface area contributed by atoms with Crippen molar-refractivity contribution in [2.24, 2.45) is 0 Å². The van der Waals surface area contributed by atoms with Gasteiger partial charge in [0.15, 0.2) is 5.11 Å². The molecule has 5 heterocycles. The topological polar surface area (TPSA) is 58.9 Å². The highest BCUT2D eigenvalue weighted by atomic mass is 32.1. The summed E-state index contributed by atoms with van der Waals surface area (Å²) in [7, 11) is 0. The minimum Gasteiger partial charge on any atom is -0.352 e. The van der Waals surface area contributed by atoms with Gasteiger partial charge in [0, 0.05) is 30.0 Å². The van der Waals surface area contributed by atoms with Gasteiger partial charge in [-0.3, -0.25) is 9.97 Å². The monoisotopic (exact) mass is 454 g/mol. The molecule has 6 nitrogen and oxygen atoms in total. The number of hydrogen-bond acceptors (Lipinski definition) is 4. The summed E-state index contributed by atoms with van der Waals surface area (Å²) in [4.78, 5) is 16.1. The van der Waals surface area contributed by atoms with E-state index >= 15 is 0 Å². The van der Waals surface area contributed by atoms with Gasteiger partial charge in [-0.2, -0.15) is 0 Å². The first-order chi connectivity index (χ1) is 16.0. The fraction of sp³-hybridized carbons (Fsp3) is 0.231. The van der Waals surface area contributed by atoms with Crippen molar-refractivity contribution in [1.82, 2.24) is 29.7 Å². The van der Waals surface area contributed by atoms with Crippen LogP contribution >= 0.6 is 12.2 Å². The maximum absolute atomic E-state index is 5.83. The Kier molecular flexibility index (Phi) is 5.64. The van der Waals surface area contributed by atoms with Crippen LogP contribution in [-0.2, 0) is 6.54 Å². The second-order valence-electron chi connectivity index (χ2n) is 8.43. The van der Waals surface area contributed by atoms with Crippen LogP contribution < -0.4 is 5.32 Å². The van der Waals surface area contributed by atoms with Gasteiger partial charge in [0.25, 0.3) is 0 Å². The Labute approximate surface area is 199 Å². The molecule has 5 rings (SSSR count). The maximum atomic E-state index is 5.83. The average Bonchev–Trinajstić information content (AvgIpc) is 3.30. The molecule has 7 heteroatoms. The Morgan fingerprint density at radius 3 is 2.39 bits per heavy atom. The van der Waals surface area contributed by atoms with Gasteiger partial charge in [-0.25, -0.2) is 4.98 Å². The van der Waals surface area contributed by atoms with Gasteiger partial charge in [0.2, 0.25) is 0 Å². The predicted molar refractivity (Wildman–Crippen MR) is 133 cm³/mol. The van der Waals surface area contributed by atoms with Crippen molar-refractivity contribution in [1.29, 1.82) is 0 Å². The number of hydrogen-bond donors (Lipinski definition) is 1. The van der Waals surface area contributed by atoms with Crippen molar-refractivity contribution < 1.29 is 0 Å². The van der Waals surface area contributed by atoms with Crippen LogP contribution in [-0.4, -0.2) is 29.5 Å². The van der Waals surface area contributed by atoms with E-state index in [9.17, 15) is 0 Å². The zero-order chi connectivity index (χ0) is 22.9. The zero-order valence-electron chi connectivity index (χ0n) is 18.9. The van der Waals surface area contributed by atoms with Gasteiger partial charge in [-0.05, 0) is 86.6 Å². The molecule has 0 aliphatic carbocycles. The Morgan fingerprint density at radius 1 is 0.909 bits per heavy atom. The van der Waals surface area contributed by atoms with E-state index in [0.717, 1.165) is 28.6 Å². The van der Waals surface area contributed by atoms with Crippen molar-refractivity contribution in [3.8, 4) is 5.82 Å². The highest BCUT2D eigenvalue weighted by Gasteiger charge is 2.41. The summed E-state index contributed by atoms with van der Waals surface area (Å²) in [5, 5.41) is 4.24. The van der Waals surface area contributed by atoms with Crippen molar-refractivity contribution in [3.63, 3.8) is 0 Å². The number of aryl methyl sites for hydroxylation is 2. The number of pyridine rings is 3. The molecule has 4 aromatic heterocycles. The molecule has 0 radical (unpaired) electrons. The maximum Gasteiger partial charge on any atom is 0.170 e. The molecule has 1 aliphatic rings. The third-order valence-electron chi connectivity index (χ3n) is 6.18. The van der Waals surface area contributed by atoms with E-state index in [1.165, 1.54) is 11.1 Å². The quantitative estimate of drug-likeness (QED) is 0.439. The molecule has 0 unspecified atom stereocenters. The van der Waals surface area contributed by atoms with Crippen molar-refractivity contribution in [2.75, 3.05) is 0 Å². The van der Waals surface area contributed by atoms with Crippen LogP contribution in [0.2, 0.25) is 0 Å². The normalized spacial score (nSPS) is 17.9. The van der Waals surface area contributed by atoms with Crippen LogP contribution in [0.15, 0.2) is 73.2 Å². The number of thiocarbonyl (C=S) groups is 1. The van der Waals surface area contributed by atoms with Crippen LogP contribution in [0.5, 0.6) is 0 Å². The van der Waals surface area contributed by atoms with E-state index in [4.69, 9.17) is 12.2 Å². The van der Waals surface area contributed by atoms with Crippen LogP contribution in [0.25, 0.3) is 5.82 Å². The zero-order valence-corrected chi connectivity index (χ0v) is 19.8. The SMILES string of the molecule is Cc1ccnc(-n2c(C)cc([C@H]3[C@@H](c4ccccn4)NC(=S)N3Cc3ccccn3)c2C)c1. The van der Waals surface area contributed by atoms with Gasteiger partial charge in [0.05, 0.1) is 30.0 Å². The molecular weight excluding hydrogens is 428 g/mol. The van der Waals surface area contributed by atoms with Gasteiger partial charge in [-0.1, -0.05) is 12.1 Å². The third kappa shape index (κ3) is 4.00. The van der Waals surface area contributed by atoms with Crippen LogP contribution in [0.3, 0.4) is 0 Å². The fourth-order valence-electron chi connectivity index (χ4n) is 4.66. The molecule has 4 aromatic rings. The van der Waals surface area contributed by atoms with Crippen molar-refractivity contribution >= 4 is 17.3 Å². The summed E-state index contributed by atoms with van der Waals surface area (Å²) < 4.78 is 2.22. The van der Waals surface area contributed by atoms with E-state index < -0.39 is 0 Å². The van der Waals surface area contributed by atoms with Crippen molar-refractivity contribution in [3.05, 3.63) is 107 Å². The molecule has 1 saturated heterocycles. The Bertz CT molecular complexity index is 1280. The molecular formula is C26H26N6S. The molecule has 2 atom stereocenters. The summed E-state index contributed by atoms with van der Waals surface area (Å²) >= 11 is 5.83. The highest BCUT2D eigenvalue weighted by Crippen LogP contribution is 2.41. The van der Waals surface area contributed by atoms with Gasteiger partial charge >= 0.3 is 0 Å². The summed E-state index contributed by atoms with van der Waals surface area (Å²) in [6, 6.07) is 18.3. The van der Waals surface area contributed by atoms with Gasteiger partial charge < -0.3 is 14.8 Å². The van der Waals surface area contributed by atoms with Gasteiger partial charge in [0.1, 0.15) is 5.82 Å². The van der Waals surface area contributed by atoms with E-state index in [2.05, 4.69) is 68.7 Å². The lowest BCUT2D eigenvalue weighted by atomic mass is 9.96. The smallest absolute Gasteiger partial charge is 0.170 e. The first kappa shape index (κ1) is 21.3. The molecule has 0 bridgehead atoms. The standard InChI is InChI=1S/C26H26N6S/c1-17-10-13-29-23(14-17)32-18(2)15-21(19(32)3)25-24(22-9-5-7-12-28-22)30-26(33)31(25)16-20-8-4-6-11-27-20/h4-15,24-25H,16H2,1-3H3,(H,30,33)/t24-,25+/m1/s1. The Hall–Kier alpha value is -3.58. The molecule has 33 heavy (non-hydrogen) atoms. The average molecular weight is 455 g/mol. The molecule has 0 saturated carbocycles. The lowest BCUT2D eigenvalue weighted by Gasteiger charge is -2.28. The summed E-state index contributed by atoms with van der Waals surface area (Å²) in [6.07, 6.45) is 5.51. The second-order valence-corrected chi connectivity index (χ2v) is 8.82. The summed E-state index contributed by atoms with van der Waals surface area (Å²) in [6.45, 7) is 6.99. The first-order valence-electron chi connectivity index (χ1n) is 11.0. The fourth-order valence-corrected chi connectivity index (χ4v) is 4.97. The van der Waals surface area contributed by atoms with Gasteiger partial charge in [-0.15, -0.1) is 0 Å². The Balaban J connectivity index is 1.62. The minimum atomic E-state index is -0.0677. The van der Waals surface area contributed by atoms with E-state index in [1.54, 1.807) is 0 Å². The highest BCUT2D eigenvalue weighted by molar-refractivity contribution is 7.80. The molecule has 1 fully saturated rings. The molecule has 0 spiro atoms. The number of rotatable bonds is 5.